The van der Waals surface area contributed by atoms with E-state index in [1.54, 1.807) is 12.1 Å². The molecule has 0 radical (unpaired) electrons. The summed E-state index contributed by atoms with van der Waals surface area (Å²) in [7, 11) is 0. The van der Waals surface area contributed by atoms with Crippen LogP contribution < -0.4 is 4.72 Å². The van der Waals surface area contributed by atoms with Crippen molar-refractivity contribution in [2.75, 3.05) is 4.72 Å². The maximum atomic E-state index is 10.5. The molecule has 70 valence electrons. The summed E-state index contributed by atoms with van der Waals surface area (Å²) in [6.07, 6.45) is 0.583. The minimum Gasteiger partial charge on any atom is -0.755 e. The molecule has 1 rings (SSSR count). The molecule has 0 spiro atoms. The molecule has 0 aliphatic rings. The van der Waals surface area contributed by atoms with Crippen LogP contribution in [-0.2, 0) is 11.3 Å². The van der Waals surface area contributed by atoms with Crippen LogP contribution in [0.3, 0.4) is 0 Å². The largest absolute Gasteiger partial charge is 0.755 e. The molecule has 0 aliphatic heterocycles. The van der Waals surface area contributed by atoms with Crippen LogP contribution in [0.25, 0.3) is 0 Å². The van der Waals surface area contributed by atoms with E-state index in [1.165, 1.54) is 6.07 Å². The number of carbonyl (C=O) groups is 1. The Balaban J connectivity index is 3.14. The first-order chi connectivity index (χ1) is 6.15. The van der Waals surface area contributed by atoms with E-state index in [9.17, 15) is 13.6 Å². The van der Waals surface area contributed by atoms with E-state index in [2.05, 4.69) is 20.7 Å². The second kappa shape index (κ2) is 4.50. The predicted octanol–water partition coefficient (Wildman–Crippen LogP) is 1.47. The molecule has 0 saturated heterocycles. The average molecular weight is 263 g/mol. The first-order valence-corrected chi connectivity index (χ1v) is 5.11. The zero-order chi connectivity index (χ0) is 9.84. The van der Waals surface area contributed by atoms with E-state index >= 15 is 0 Å². The molecular formula is C7H5BrNO3S-. The van der Waals surface area contributed by atoms with Gasteiger partial charge in [0, 0.05) is 21.3 Å². The third-order valence-corrected chi connectivity index (χ3v) is 2.39. The molecule has 0 heterocycles. The Labute approximate surface area is 85.9 Å². The number of carbonyl (C=O) groups excluding carboxylic acids is 1. The van der Waals surface area contributed by atoms with Crippen LogP contribution in [0.1, 0.15) is 10.4 Å². The van der Waals surface area contributed by atoms with Crippen molar-refractivity contribution in [1.82, 2.24) is 0 Å². The van der Waals surface area contributed by atoms with E-state index in [-0.39, 0.29) is 5.69 Å². The van der Waals surface area contributed by atoms with Crippen LogP contribution in [0.2, 0.25) is 0 Å². The van der Waals surface area contributed by atoms with Crippen molar-refractivity contribution in [1.29, 1.82) is 0 Å². The molecule has 0 amide bonds. The summed E-state index contributed by atoms with van der Waals surface area (Å²) >= 11 is 0.694. The number of rotatable bonds is 3. The molecule has 0 fully saturated rings. The van der Waals surface area contributed by atoms with Gasteiger partial charge in [0.1, 0.15) is 0 Å². The summed E-state index contributed by atoms with van der Waals surface area (Å²) in [5, 5.41) is 0. The molecular weight excluding hydrogens is 258 g/mol. The van der Waals surface area contributed by atoms with Gasteiger partial charge >= 0.3 is 0 Å². The first-order valence-electron chi connectivity index (χ1n) is 3.24. The Morgan fingerprint density at radius 3 is 2.77 bits per heavy atom. The molecule has 1 atom stereocenters. The first kappa shape index (κ1) is 10.4. The van der Waals surface area contributed by atoms with E-state index in [4.69, 9.17) is 0 Å². The topological polar surface area (TPSA) is 69.2 Å². The van der Waals surface area contributed by atoms with Crippen LogP contribution in [-0.4, -0.2) is 15.0 Å². The molecule has 1 aromatic rings. The summed E-state index contributed by atoms with van der Waals surface area (Å²) in [4.78, 5) is 10.5. The lowest BCUT2D eigenvalue weighted by atomic mass is 10.2. The highest BCUT2D eigenvalue weighted by atomic mass is 79.9. The number of aldehydes is 1. The van der Waals surface area contributed by atoms with Gasteiger partial charge in [0.15, 0.2) is 6.29 Å². The van der Waals surface area contributed by atoms with E-state index < -0.39 is 11.3 Å². The minimum absolute atomic E-state index is 0.255. The van der Waals surface area contributed by atoms with Crippen molar-refractivity contribution in [2.45, 2.75) is 0 Å². The minimum atomic E-state index is -2.43. The van der Waals surface area contributed by atoms with Crippen LogP contribution in [0, 0.1) is 0 Å². The Hall–Kier alpha value is -0.720. The third-order valence-electron chi connectivity index (χ3n) is 1.36. The lowest BCUT2D eigenvalue weighted by Crippen LogP contribution is -2.05. The maximum Gasteiger partial charge on any atom is 0.152 e. The molecule has 0 aliphatic carbocycles. The number of para-hydroxylation sites is 1. The highest BCUT2D eigenvalue weighted by Gasteiger charge is 2.04. The maximum absolute atomic E-state index is 10.5. The number of anilines is 1. The lowest BCUT2D eigenvalue weighted by molar-refractivity contribution is 0.112. The molecule has 1 aromatic carbocycles. The van der Waals surface area contributed by atoms with Gasteiger partial charge in [-0.25, -0.2) is 0 Å². The Bertz CT molecular complexity index is 356. The lowest BCUT2D eigenvalue weighted by Gasteiger charge is -2.11. The molecule has 0 saturated carbocycles. The second-order valence-electron chi connectivity index (χ2n) is 2.16. The fourth-order valence-electron chi connectivity index (χ4n) is 0.830. The molecule has 13 heavy (non-hydrogen) atoms. The van der Waals surface area contributed by atoms with Crippen molar-refractivity contribution in [3.8, 4) is 0 Å². The number of halogens is 1. The van der Waals surface area contributed by atoms with Gasteiger partial charge < -0.3 is 9.27 Å². The Kier molecular flexibility index (Phi) is 3.58. The second-order valence-corrected chi connectivity index (χ2v) is 3.69. The molecule has 1 N–H and O–H groups in total. The number of nitrogens with one attached hydrogen (secondary N) is 1. The van der Waals surface area contributed by atoms with E-state index in [0.717, 1.165) is 0 Å². The summed E-state index contributed by atoms with van der Waals surface area (Å²) in [5.41, 5.74) is 0.546. The quantitative estimate of drug-likeness (QED) is 0.663. The molecule has 1 unspecified atom stereocenters. The average Bonchev–Trinajstić information content (AvgIpc) is 2.08. The van der Waals surface area contributed by atoms with Crippen molar-refractivity contribution in [3.05, 3.63) is 28.2 Å². The summed E-state index contributed by atoms with van der Waals surface area (Å²) in [6.45, 7) is 0. The van der Waals surface area contributed by atoms with Gasteiger partial charge in [-0.3, -0.25) is 9.00 Å². The van der Waals surface area contributed by atoms with Gasteiger partial charge in [-0.2, -0.15) is 0 Å². The Morgan fingerprint density at radius 1 is 1.54 bits per heavy atom. The van der Waals surface area contributed by atoms with Crippen LogP contribution in [0.5, 0.6) is 0 Å². The van der Waals surface area contributed by atoms with Crippen molar-refractivity contribution in [3.63, 3.8) is 0 Å². The molecule has 0 bridgehead atoms. The summed E-state index contributed by atoms with van der Waals surface area (Å²) in [5.74, 6) is 0. The smallest absolute Gasteiger partial charge is 0.152 e. The van der Waals surface area contributed by atoms with Crippen LogP contribution in [0.15, 0.2) is 22.7 Å². The molecule has 6 heteroatoms. The summed E-state index contributed by atoms with van der Waals surface area (Å²) < 4.78 is 23.3. The van der Waals surface area contributed by atoms with Gasteiger partial charge in [0.25, 0.3) is 0 Å². The van der Waals surface area contributed by atoms with Gasteiger partial charge in [-0.15, -0.1) is 0 Å². The van der Waals surface area contributed by atoms with E-state index in [1.807, 2.05) is 0 Å². The highest BCUT2D eigenvalue weighted by molar-refractivity contribution is 9.10. The van der Waals surface area contributed by atoms with Crippen molar-refractivity contribution in [2.24, 2.45) is 0 Å². The Morgan fingerprint density at radius 2 is 2.23 bits per heavy atom. The molecule has 0 aromatic heterocycles. The predicted molar refractivity (Wildman–Crippen MR) is 52.1 cm³/mol. The van der Waals surface area contributed by atoms with Gasteiger partial charge in [-0.1, -0.05) is 6.07 Å². The van der Waals surface area contributed by atoms with E-state index in [0.29, 0.717) is 16.3 Å². The fraction of sp³-hybridized carbons (Fsp3) is 0. The van der Waals surface area contributed by atoms with Crippen LogP contribution >= 0.6 is 15.9 Å². The standard InChI is InChI=1S/C7H6BrNO3S/c8-6-3-1-2-5(4-10)7(6)9-13(11)12/h1-4,9H,(H,11,12)/p-1. The fourth-order valence-corrected chi connectivity index (χ4v) is 1.84. The number of hydrogen-bond acceptors (Lipinski definition) is 3. The highest BCUT2D eigenvalue weighted by Crippen LogP contribution is 2.25. The zero-order valence-electron chi connectivity index (χ0n) is 6.32. The zero-order valence-corrected chi connectivity index (χ0v) is 8.72. The summed E-state index contributed by atoms with van der Waals surface area (Å²) in [6, 6.07) is 4.81. The SMILES string of the molecule is O=Cc1cccc(Br)c1NS(=O)[O-]. The monoisotopic (exact) mass is 262 g/mol. The van der Waals surface area contributed by atoms with Crippen molar-refractivity contribution >= 4 is 39.2 Å². The van der Waals surface area contributed by atoms with Crippen molar-refractivity contribution < 1.29 is 13.6 Å². The van der Waals surface area contributed by atoms with Gasteiger partial charge in [-0.05, 0) is 28.1 Å². The number of hydrogen-bond donors (Lipinski definition) is 1. The van der Waals surface area contributed by atoms with Gasteiger partial charge in [0.05, 0.1) is 5.69 Å². The normalized spacial score (nSPS) is 12.2. The third kappa shape index (κ3) is 2.61. The van der Waals surface area contributed by atoms with Gasteiger partial charge in [0.2, 0.25) is 0 Å². The van der Waals surface area contributed by atoms with Crippen LogP contribution in [0.4, 0.5) is 5.69 Å². The molecule has 4 nitrogen and oxygen atoms in total. The number of benzene rings is 1.